The number of nitrogens with zero attached hydrogens (tertiary/aromatic N) is 2. The van der Waals surface area contributed by atoms with Crippen molar-refractivity contribution in [1.82, 2.24) is 9.88 Å². The van der Waals surface area contributed by atoms with Crippen LogP contribution in [0.15, 0.2) is 22.9 Å². The van der Waals surface area contributed by atoms with E-state index in [1.807, 2.05) is 0 Å². The number of carbonyl (C=O) groups is 1. The van der Waals surface area contributed by atoms with E-state index in [-0.39, 0.29) is 12.5 Å². The molecule has 1 aromatic heterocycles. The number of hydrogen-bond acceptors (Lipinski definition) is 3. The van der Waals surface area contributed by atoms with E-state index in [4.69, 9.17) is 5.11 Å². The second-order valence-electron chi connectivity index (χ2n) is 3.85. The van der Waals surface area contributed by atoms with E-state index in [2.05, 4.69) is 20.9 Å². The number of aliphatic hydroxyl groups excluding tert-OH is 1. The van der Waals surface area contributed by atoms with Crippen molar-refractivity contribution in [3.05, 3.63) is 28.5 Å². The number of pyridine rings is 1. The molecular formula is C12H17BrN2O2. The Balaban J connectivity index is 2.49. The molecule has 4 nitrogen and oxygen atoms in total. The molecule has 0 bridgehead atoms. The molecule has 1 rings (SSSR count). The van der Waals surface area contributed by atoms with Crippen molar-refractivity contribution in [3.8, 4) is 0 Å². The smallest absolute Gasteiger partial charge is 0.256 e. The fraction of sp³-hybridized carbons (Fsp3) is 0.500. The van der Waals surface area contributed by atoms with Crippen LogP contribution in [0, 0.1) is 0 Å². The molecule has 0 aliphatic carbocycles. The van der Waals surface area contributed by atoms with Crippen molar-refractivity contribution in [2.45, 2.75) is 19.3 Å². The van der Waals surface area contributed by atoms with Crippen molar-refractivity contribution < 1.29 is 9.90 Å². The van der Waals surface area contributed by atoms with Crippen molar-refractivity contribution in [2.24, 2.45) is 0 Å². The highest BCUT2D eigenvalue weighted by molar-refractivity contribution is 9.10. The molecule has 0 spiro atoms. The quantitative estimate of drug-likeness (QED) is 0.646. The van der Waals surface area contributed by atoms with E-state index in [9.17, 15) is 4.79 Å². The Bertz CT molecular complexity index is 371. The SMILES string of the molecule is CN(CCCCCO)C(=O)c1cccnc1Br. The van der Waals surface area contributed by atoms with Gasteiger partial charge < -0.3 is 10.0 Å². The van der Waals surface area contributed by atoms with Crippen LogP contribution in [-0.4, -0.2) is 41.1 Å². The summed E-state index contributed by atoms with van der Waals surface area (Å²) in [6.07, 6.45) is 4.27. The van der Waals surface area contributed by atoms with Crippen molar-refractivity contribution in [1.29, 1.82) is 0 Å². The second-order valence-corrected chi connectivity index (χ2v) is 4.60. The number of carbonyl (C=O) groups excluding carboxylic acids is 1. The first-order valence-corrected chi connectivity index (χ1v) is 6.43. The van der Waals surface area contributed by atoms with E-state index < -0.39 is 0 Å². The van der Waals surface area contributed by atoms with Gasteiger partial charge in [0.05, 0.1) is 5.56 Å². The Labute approximate surface area is 110 Å². The third-order valence-corrected chi connectivity index (χ3v) is 3.12. The van der Waals surface area contributed by atoms with Crippen LogP contribution >= 0.6 is 15.9 Å². The molecular weight excluding hydrogens is 284 g/mol. The zero-order chi connectivity index (χ0) is 12.7. The summed E-state index contributed by atoms with van der Waals surface area (Å²) in [6, 6.07) is 3.50. The summed E-state index contributed by atoms with van der Waals surface area (Å²) in [4.78, 5) is 17.7. The van der Waals surface area contributed by atoms with Gasteiger partial charge in [0.1, 0.15) is 4.60 Å². The molecule has 0 saturated carbocycles. The summed E-state index contributed by atoms with van der Waals surface area (Å²) in [7, 11) is 1.78. The van der Waals surface area contributed by atoms with Crippen LogP contribution in [-0.2, 0) is 0 Å². The number of halogens is 1. The van der Waals surface area contributed by atoms with Crippen LogP contribution in [0.25, 0.3) is 0 Å². The lowest BCUT2D eigenvalue weighted by Gasteiger charge is -2.17. The van der Waals surface area contributed by atoms with Gasteiger partial charge in [0.2, 0.25) is 0 Å². The standard InChI is InChI=1S/C12H17BrN2O2/c1-15(8-3-2-4-9-16)12(17)10-6-5-7-14-11(10)13/h5-7,16H,2-4,8-9H2,1H3. The highest BCUT2D eigenvalue weighted by atomic mass is 79.9. The van der Waals surface area contributed by atoms with Gasteiger partial charge in [-0.05, 0) is 47.3 Å². The molecule has 17 heavy (non-hydrogen) atoms. The highest BCUT2D eigenvalue weighted by Crippen LogP contribution is 2.14. The number of unbranched alkanes of at least 4 members (excludes halogenated alkanes) is 2. The number of amides is 1. The van der Waals surface area contributed by atoms with Gasteiger partial charge in [-0.1, -0.05) is 0 Å². The molecule has 1 heterocycles. The van der Waals surface area contributed by atoms with Crippen molar-refractivity contribution in [3.63, 3.8) is 0 Å². The fourth-order valence-corrected chi connectivity index (χ4v) is 1.91. The minimum atomic E-state index is -0.0334. The Morgan fingerprint density at radius 1 is 1.47 bits per heavy atom. The second kappa shape index (κ2) is 7.40. The normalized spacial score (nSPS) is 10.3. The first kappa shape index (κ1) is 14.1. The number of aromatic nitrogens is 1. The Kier molecular flexibility index (Phi) is 6.15. The van der Waals surface area contributed by atoms with Crippen LogP contribution in [0.2, 0.25) is 0 Å². The van der Waals surface area contributed by atoms with Crippen molar-refractivity contribution in [2.75, 3.05) is 20.2 Å². The minimum Gasteiger partial charge on any atom is -0.396 e. The molecule has 0 aliphatic heterocycles. The summed E-state index contributed by atoms with van der Waals surface area (Å²) in [5, 5.41) is 8.66. The third kappa shape index (κ3) is 4.44. The van der Waals surface area contributed by atoms with Crippen molar-refractivity contribution >= 4 is 21.8 Å². The molecule has 0 unspecified atom stereocenters. The average molecular weight is 301 g/mol. The van der Waals surface area contributed by atoms with Crippen LogP contribution in [0.4, 0.5) is 0 Å². The zero-order valence-electron chi connectivity index (χ0n) is 9.90. The summed E-state index contributed by atoms with van der Waals surface area (Å²) in [5.74, 6) is -0.0334. The number of hydrogen-bond donors (Lipinski definition) is 1. The topological polar surface area (TPSA) is 53.4 Å². The average Bonchev–Trinajstić information content (AvgIpc) is 2.34. The molecule has 1 amide bonds. The lowest BCUT2D eigenvalue weighted by molar-refractivity contribution is 0.0790. The Morgan fingerprint density at radius 2 is 2.24 bits per heavy atom. The molecule has 1 N–H and O–H groups in total. The van der Waals surface area contributed by atoms with Gasteiger partial charge in [-0.25, -0.2) is 4.98 Å². The van der Waals surface area contributed by atoms with E-state index >= 15 is 0 Å². The van der Waals surface area contributed by atoms with Crippen LogP contribution in [0.3, 0.4) is 0 Å². The van der Waals surface area contributed by atoms with Gasteiger partial charge in [0.15, 0.2) is 0 Å². The fourth-order valence-electron chi connectivity index (χ4n) is 1.49. The van der Waals surface area contributed by atoms with Crippen LogP contribution < -0.4 is 0 Å². The van der Waals surface area contributed by atoms with Gasteiger partial charge in [0, 0.05) is 26.4 Å². The third-order valence-electron chi connectivity index (χ3n) is 2.49. The van der Waals surface area contributed by atoms with Gasteiger partial charge >= 0.3 is 0 Å². The Morgan fingerprint density at radius 3 is 2.88 bits per heavy atom. The van der Waals surface area contributed by atoms with Gasteiger partial charge in [-0.2, -0.15) is 0 Å². The van der Waals surface area contributed by atoms with Gasteiger partial charge in [0.25, 0.3) is 5.91 Å². The zero-order valence-corrected chi connectivity index (χ0v) is 11.5. The van der Waals surface area contributed by atoms with Gasteiger partial charge in [-0.15, -0.1) is 0 Å². The maximum atomic E-state index is 12.0. The molecule has 0 aliphatic rings. The molecule has 0 saturated heterocycles. The van der Waals surface area contributed by atoms with E-state index in [1.54, 1.807) is 30.3 Å². The van der Waals surface area contributed by atoms with E-state index in [1.165, 1.54) is 0 Å². The summed E-state index contributed by atoms with van der Waals surface area (Å²) >= 11 is 3.27. The number of aliphatic hydroxyl groups is 1. The van der Waals surface area contributed by atoms with E-state index in [0.29, 0.717) is 16.7 Å². The summed E-state index contributed by atoms with van der Waals surface area (Å²) in [5.41, 5.74) is 0.581. The maximum absolute atomic E-state index is 12.0. The predicted octanol–water partition coefficient (Wildman–Crippen LogP) is 2.08. The minimum absolute atomic E-state index is 0.0334. The molecule has 94 valence electrons. The predicted molar refractivity (Wildman–Crippen MR) is 69.8 cm³/mol. The molecule has 1 aromatic rings. The molecule has 0 fully saturated rings. The summed E-state index contributed by atoms with van der Waals surface area (Å²) < 4.78 is 0.576. The molecule has 0 atom stereocenters. The van der Waals surface area contributed by atoms with Crippen LogP contribution in [0.5, 0.6) is 0 Å². The lowest BCUT2D eigenvalue weighted by Crippen LogP contribution is -2.28. The molecule has 0 radical (unpaired) electrons. The molecule has 5 heteroatoms. The Hall–Kier alpha value is -0.940. The lowest BCUT2D eigenvalue weighted by atomic mass is 10.2. The first-order valence-electron chi connectivity index (χ1n) is 5.63. The molecule has 0 aromatic carbocycles. The van der Waals surface area contributed by atoms with Crippen LogP contribution in [0.1, 0.15) is 29.6 Å². The van der Waals surface area contributed by atoms with Gasteiger partial charge in [-0.3, -0.25) is 4.79 Å². The summed E-state index contributed by atoms with van der Waals surface area (Å²) in [6.45, 7) is 0.909. The maximum Gasteiger partial charge on any atom is 0.256 e. The monoisotopic (exact) mass is 300 g/mol. The largest absolute Gasteiger partial charge is 0.396 e. The van der Waals surface area contributed by atoms with E-state index in [0.717, 1.165) is 19.3 Å². The first-order chi connectivity index (χ1) is 8.16. The highest BCUT2D eigenvalue weighted by Gasteiger charge is 2.14. The number of rotatable bonds is 6.